The number of carbonyl (C=O) groups is 2. The topological polar surface area (TPSA) is 61.8 Å². The van der Waals surface area contributed by atoms with Gasteiger partial charge >= 0.3 is 18.3 Å². The van der Waals surface area contributed by atoms with Crippen LogP contribution in [0.2, 0.25) is 0 Å². The highest BCUT2D eigenvalue weighted by molar-refractivity contribution is 5.91. The van der Waals surface area contributed by atoms with E-state index < -0.39 is 24.7 Å². The molecular weight excluding hydrogens is 293 g/mol. The molecule has 0 atom stereocenters. The summed E-state index contributed by atoms with van der Waals surface area (Å²) in [6, 6.07) is 4.83. The van der Waals surface area contributed by atoms with Gasteiger partial charge in [-0.15, -0.1) is 13.2 Å². The highest BCUT2D eigenvalue weighted by Crippen LogP contribution is 2.22. The fourth-order valence-corrected chi connectivity index (χ4v) is 1.33. The van der Waals surface area contributed by atoms with E-state index in [1.54, 1.807) is 6.92 Å². The number of ether oxygens (including phenoxy) is 3. The lowest BCUT2D eigenvalue weighted by atomic mass is 10.2. The molecule has 5 nitrogen and oxygen atoms in total. The van der Waals surface area contributed by atoms with Gasteiger partial charge in [-0.1, -0.05) is 12.1 Å². The fraction of sp³-hybridized carbons (Fsp3) is 0.385. The minimum atomic E-state index is -4.76. The molecule has 0 amide bonds. The van der Waals surface area contributed by atoms with Crippen molar-refractivity contribution in [1.29, 1.82) is 0 Å². The molecule has 0 aromatic heterocycles. The number of rotatable bonds is 6. The molecule has 0 aliphatic rings. The lowest BCUT2D eigenvalue weighted by molar-refractivity contribution is -0.274. The van der Waals surface area contributed by atoms with E-state index in [1.165, 1.54) is 12.1 Å². The van der Waals surface area contributed by atoms with E-state index in [4.69, 9.17) is 4.74 Å². The van der Waals surface area contributed by atoms with Gasteiger partial charge in [-0.05, 0) is 24.6 Å². The van der Waals surface area contributed by atoms with Crippen LogP contribution >= 0.6 is 0 Å². The van der Waals surface area contributed by atoms with E-state index in [9.17, 15) is 22.8 Å². The largest absolute Gasteiger partial charge is 0.573 e. The Hall–Kier alpha value is -2.25. The summed E-state index contributed by atoms with van der Waals surface area (Å²) in [7, 11) is 0. The fourth-order valence-electron chi connectivity index (χ4n) is 1.33. The minimum absolute atomic E-state index is 0.160. The van der Waals surface area contributed by atoms with Crippen molar-refractivity contribution in [2.45, 2.75) is 26.3 Å². The normalized spacial score (nSPS) is 10.9. The average Bonchev–Trinajstić information content (AvgIpc) is 2.36. The average molecular weight is 306 g/mol. The van der Waals surface area contributed by atoms with E-state index in [0.29, 0.717) is 5.56 Å². The quantitative estimate of drug-likeness (QED) is 0.597. The van der Waals surface area contributed by atoms with Crippen LogP contribution in [-0.4, -0.2) is 24.9 Å². The number of esters is 2. The van der Waals surface area contributed by atoms with Crippen molar-refractivity contribution < 1.29 is 37.0 Å². The molecule has 0 saturated carbocycles. The summed E-state index contributed by atoms with van der Waals surface area (Å²) in [5.74, 6) is -1.84. The summed E-state index contributed by atoms with van der Waals surface area (Å²) >= 11 is 0. The molecule has 0 saturated heterocycles. The second kappa shape index (κ2) is 7.51. The smallest absolute Gasteiger partial charge is 0.466 e. The van der Waals surface area contributed by atoms with E-state index >= 15 is 0 Å². The predicted octanol–water partition coefficient (Wildman–Crippen LogP) is 2.58. The summed E-state index contributed by atoms with van der Waals surface area (Å²) in [6.45, 7) is 1.60. The van der Waals surface area contributed by atoms with E-state index in [1.807, 2.05) is 0 Å². The molecule has 0 fully saturated rings. The van der Waals surface area contributed by atoms with E-state index in [-0.39, 0.29) is 19.0 Å². The first-order valence-electron chi connectivity index (χ1n) is 5.96. The lowest BCUT2D eigenvalue weighted by Gasteiger charge is -2.09. The summed E-state index contributed by atoms with van der Waals surface area (Å²) in [5.41, 5.74) is 0.460. The Morgan fingerprint density at radius 2 is 1.62 bits per heavy atom. The highest BCUT2D eigenvalue weighted by Gasteiger charge is 2.30. The first kappa shape index (κ1) is 16.8. The van der Waals surface area contributed by atoms with Crippen LogP contribution in [0.1, 0.15) is 18.9 Å². The van der Waals surface area contributed by atoms with Gasteiger partial charge in [0.05, 0.1) is 6.61 Å². The number of alkyl halides is 3. The lowest BCUT2D eigenvalue weighted by Crippen LogP contribution is -2.17. The number of hydrogen-bond acceptors (Lipinski definition) is 5. The maximum atomic E-state index is 11.9. The molecule has 0 heterocycles. The van der Waals surface area contributed by atoms with Crippen molar-refractivity contribution in [3.05, 3.63) is 29.8 Å². The third kappa shape index (κ3) is 7.19. The van der Waals surface area contributed by atoms with Gasteiger partial charge in [-0.25, -0.2) is 0 Å². The van der Waals surface area contributed by atoms with E-state index in [0.717, 1.165) is 12.1 Å². The van der Waals surface area contributed by atoms with Crippen molar-refractivity contribution in [1.82, 2.24) is 0 Å². The number of hydrogen-bond donors (Lipinski definition) is 0. The van der Waals surface area contributed by atoms with Crippen molar-refractivity contribution in [3.8, 4) is 5.75 Å². The van der Waals surface area contributed by atoms with Crippen molar-refractivity contribution in [3.63, 3.8) is 0 Å². The molecule has 21 heavy (non-hydrogen) atoms. The van der Waals surface area contributed by atoms with Gasteiger partial charge in [-0.2, -0.15) is 0 Å². The summed E-state index contributed by atoms with van der Waals surface area (Å²) in [4.78, 5) is 22.3. The Kier molecular flexibility index (Phi) is 6.01. The zero-order chi connectivity index (χ0) is 15.9. The monoisotopic (exact) mass is 306 g/mol. The second-order valence-electron chi connectivity index (χ2n) is 3.83. The number of carbonyl (C=O) groups excluding carboxylic acids is 2. The standard InChI is InChI=1S/C13H13F3O5/c1-2-19-11(17)7-12(18)20-8-9-3-5-10(6-4-9)21-13(14,15)16/h3-6H,2,7-8H2,1H3. The molecule has 116 valence electrons. The van der Waals surface area contributed by atoms with Crippen molar-refractivity contribution in [2.75, 3.05) is 6.61 Å². The summed E-state index contributed by atoms with van der Waals surface area (Å²) < 4.78 is 48.9. The van der Waals surface area contributed by atoms with Gasteiger partial charge in [0.1, 0.15) is 18.8 Å². The minimum Gasteiger partial charge on any atom is -0.466 e. The Morgan fingerprint density at radius 1 is 1.05 bits per heavy atom. The van der Waals surface area contributed by atoms with Gasteiger partial charge in [0.2, 0.25) is 0 Å². The number of benzene rings is 1. The van der Waals surface area contributed by atoms with E-state index in [2.05, 4.69) is 9.47 Å². The van der Waals surface area contributed by atoms with Gasteiger partial charge in [0.25, 0.3) is 0 Å². The zero-order valence-electron chi connectivity index (χ0n) is 11.1. The van der Waals surface area contributed by atoms with Crippen LogP contribution in [0.5, 0.6) is 5.75 Å². The molecular formula is C13H13F3O5. The van der Waals surface area contributed by atoms with Crippen LogP contribution in [0, 0.1) is 0 Å². The maximum Gasteiger partial charge on any atom is 0.573 e. The molecule has 0 spiro atoms. The first-order valence-corrected chi connectivity index (χ1v) is 5.96. The molecule has 0 aliphatic carbocycles. The maximum absolute atomic E-state index is 11.9. The molecule has 1 aromatic rings. The molecule has 8 heteroatoms. The van der Waals surface area contributed by atoms with Crippen LogP contribution in [0.25, 0.3) is 0 Å². The van der Waals surface area contributed by atoms with Crippen LogP contribution < -0.4 is 4.74 Å². The SMILES string of the molecule is CCOC(=O)CC(=O)OCc1ccc(OC(F)(F)F)cc1. The van der Waals surface area contributed by atoms with Crippen LogP contribution in [0.4, 0.5) is 13.2 Å². The molecule has 0 bridgehead atoms. The second-order valence-corrected chi connectivity index (χ2v) is 3.83. The van der Waals surface area contributed by atoms with Gasteiger partial charge in [0.15, 0.2) is 0 Å². The highest BCUT2D eigenvalue weighted by atomic mass is 19.4. The van der Waals surface area contributed by atoms with Crippen LogP contribution in [0.3, 0.4) is 0 Å². The Morgan fingerprint density at radius 3 is 2.14 bits per heavy atom. The van der Waals surface area contributed by atoms with Gasteiger partial charge in [0, 0.05) is 0 Å². The molecule has 1 aromatic carbocycles. The molecule has 0 radical (unpaired) electrons. The predicted molar refractivity (Wildman–Crippen MR) is 64.2 cm³/mol. The Bertz CT molecular complexity index is 482. The molecule has 0 N–H and O–H groups in total. The van der Waals surface area contributed by atoms with Gasteiger partial charge < -0.3 is 14.2 Å². The van der Waals surface area contributed by atoms with Crippen molar-refractivity contribution >= 4 is 11.9 Å². The molecule has 1 rings (SSSR count). The number of halogens is 3. The summed E-state index contributed by atoms with van der Waals surface area (Å²) in [6.07, 6.45) is -5.27. The third-order valence-corrected chi connectivity index (χ3v) is 2.15. The third-order valence-electron chi connectivity index (χ3n) is 2.15. The first-order chi connectivity index (χ1) is 9.80. The molecule has 0 unspecified atom stereocenters. The van der Waals surface area contributed by atoms with Crippen LogP contribution in [-0.2, 0) is 25.7 Å². The zero-order valence-corrected chi connectivity index (χ0v) is 11.1. The van der Waals surface area contributed by atoms with Gasteiger partial charge in [-0.3, -0.25) is 9.59 Å². The van der Waals surface area contributed by atoms with Crippen LogP contribution in [0.15, 0.2) is 24.3 Å². The van der Waals surface area contributed by atoms with Crippen molar-refractivity contribution in [2.24, 2.45) is 0 Å². The Labute approximate surface area is 118 Å². The Balaban J connectivity index is 2.42. The summed E-state index contributed by atoms with van der Waals surface area (Å²) in [5, 5.41) is 0. The molecule has 0 aliphatic heterocycles.